The predicted octanol–water partition coefficient (Wildman–Crippen LogP) is -0.661. The van der Waals surface area contributed by atoms with E-state index in [4.69, 9.17) is 5.73 Å². The molecular weight excluding hydrogens is 268 g/mol. The number of hydrogen-bond donors (Lipinski definition) is 1. The fourth-order valence-corrected chi connectivity index (χ4v) is 3.26. The summed E-state index contributed by atoms with van der Waals surface area (Å²) in [6.07, 6.45) is 0. The van der Waals surface area contributed by atoms with E-state index in [0.717, 1.165) is 5.69 Å². The molecule has 2 heterocycles. The molecule has 1 aliphatic heterocycles. The Bertz CT molecular complexity index is 592. The van der Waals surface area contributed by atoms with Crippen molar-refractivity contribution >= 4 is 21.4 Å². The van der Waals surface area contributed by atoms with Crippen molar-refractivity contribution in [3.05, 3.63) is 11.4 Å². The molecule has 1 saturated heterocycles. The van der Waals surface area contributed by atoms with Crippen LogP contribution in [0.1, 0.15) is 11.4 Å². The Balaban J connectivity index is 2.04. The van der Waals surface area contributed by atoms with Gasteiger partial charge in [-0.25, -0.2) is 8.42 Å². The number of amides is 1. The lowest BCUT2D eigenvalue weighted by molar-refractivity contribution is -0.131. The molecule has 8 heteroatoms. The van der Waals surface area contributed by atoms with Crippen LogP contribution in [0.2, 0.25) is 0 Å². The van der Waals surface area contributed by atoms with Crippen molar-refractivity contribution in [1.29, 1.82) is 0 Å². The molecule has 0 spiro atoms. The average Bonchev–Trinajstić information content (AvgIpc) is 2.57. The molecule has 0 unspecified atom stereocenters. The van der Waals surface area contributed by atoms with E-state index in [1.54, 1.807) is 16.5 Å². The molecule has 1 aliphatic rings. The number of nitrogens with zero attached hydrogens (tertiary/aromatic N) is 3. The van der Waals surface area contributed by atoms with E-state index in [1.807, 2.05) is 6.92 Å². The molecule has 0 aromatic carbocycles. The number of anilines is 1. The Hall–Kier alpha value is -1.57. The summed E-state index contributed by atoms with van der Waals surface area (Å²) in [4.78, 5) is 13.6. The van der Waals surface area contributed by atoms with Crippen LogP contribution in [0.25, 0.3) is 0 Å². The Morgan fingerprint density at radius 2 is 1.89 bits per heavy atom. The molecule has 7 nitrogen and oxygen atoms in total. The van der Waals surface area contributed by atoms with Crippen molar-refractivity contribution in [2.75, 3.05) is 30.3 Å². The Morgan fingerprint density at radius 1 is 1.32 bits per heavy atom. The quantitative estimate of drug-likeness (QED) is 0.778. The second kappa shape index (κ2) is 4.84. The summed E-state index contributed by atoms with van der Waals surface area (Å²) in [7, 11) is -2.97. The Morgan fingerprint density at radius 3 is 2.37 bits per heavy atom. The lowest BCUT2D eigenvalue weighted by Gasteiger charge is -2.26. The summed E-state index contributed by atoms with van der Waals surface area (Å²) in [6, 6.07) is 0. The van der Waals surface area contributed by atoms with Gasteiger partial charge in [-0.2, -0.15) is 5.10 Å². The van der Waals surface area contributed by atoms with E-state index in [2.05, 4.69) is 5.10 Å². The molecule has 0 atom stereocenters. The van der Waals surface area contributed by atoms with Gasteiger partial charge in [0.2, 0.25) is 5.91 Å². The molecule has 0 saturated carbocycles. The number of carbonyl (C=O) groups excluding carboxylic acids is 1. The summed E-state index contributed by atoms with van der Waals surface area (Å²) >= 11 is 0. The van der Waals surface area contributed by atoms with Gasteiger partial charge in [0.1, 0.15) is 6.54 Å². The molecule has 0 bridgehead atoms. The predicted molar refractivity (Wildman–Crippen MR) is 71.3 cm³/mol. The second-order valence-corrected chi connectivity index (χ2v) is 7.08. The first-order valence-corrected chi connectivity index (χ1v) is 7.90. The summed E-state index contributed by atoms with van der Waals surface area (Å²) in [6.45, 7) is 4.22. The SMILES string of the molecule is Cc1nn(CC(=O)N2CCS(=O)(=O)CC2)c(C)c1N. The number of hydrogen-bond acceptors (Lipinski definition) is 5. The zero-order chi connectivity index (χ0) is 14.2. The first-order valence-electron chi connectivity index (χ1n) is 6.08. The number of sulfone groups is 1. The largest absolute Gasteiger partial charge is 0.396 e. The smallest absolute Gasteiger partial charge is 0.244 e. The van der Waals surface area contributed by atoms with Gasteiger partial charge in [-0.15, -0.1) is 0 Å². The molecule has 2 N–H and O–H groups in total. The number of rotatable bonds is 2. The molecule has 0 aliphatic carbocycles. The van der Waals surface area contributed by atoms with Crippen molar-refractivity contribution in [1.82, 2.24) is 14.7 Å². The van der Waals surface area contributed by atoms with Crippen LogP contribution < -0.4 is 5.73 Å². The van der Waals surface area contributed by atoms with Gasteiger partial charge >= 0.3 is 0 Å². The van der Waals surface area contributed by atoms with Gasteiger partial charge in [0.05, 0.1) is 28.6 Å². The highest BCUT2D eigenvalue weighted by molar-refractivity contribution is 7.91. The number of aryl methyl sites for hydroxylation is 1. The van der Waals surface area contributed by atoms with Crippen molar-refractivity contribution in [3.63, 3.8) is 0 Å². The number of carbonyl (C=O) groups is 1. The average molecular weight is 286 g/mol. The van der Waals surface area contributed by atoms with E-state index in [1.165, 1.54) is 0 Å². The first kappa shape index (κ1) is 13.9. The van der Waals surface area contributed by atoms with Gasteiger partial charge in [0.15, 0.2) is 9.84 Å². The van der Waals surface area contributed by atoms with Crippen LogP contribution in [0.5, 0.6) is 0 Å². The highest BCUT2D eigenvalue weighted by Crippen LogP contribution is 2.15. The third kappa shape index (κ3) is 2.89. The minimum atomic E-state index is -2.97. The fourth-order valence-electron chi connectivity index (χ4n) is 2.05. The molecule has 1 fully saturated rings. The third-order valence-electron chi connectivity index (χ3n) is 3.42. The molecule has 1 aromatic heterocycles. The number of nitrogens with two attached hydrogens (primary N) is 1. The summed E-state index contributed by atoms with van der Waals surface area (Å²) in [5.41, 5.74) is 7.86. The van der Waals surface area contributed by atoms with E-state index < -0.39 is 9.84 Å². The maximum atomic E-state index is 12.1. The standard InChI is InChI=1S/C11H18N4O3S/c1-8-11(12)9(2)15(13-8)7-10(16)14-3-5-19(17,18)6-4-14/h3-7,12H2,1-2H3. The van der Waals surface area contributed by atoms with Gasteiger partial charge in [0.25, 0.3) is 0 Å². The maximum absolute atomic E-state index is 12.1. The van der Waals surface area contributed by atoms with E-state index >= 15 is 0 Å². The van der Waals surface area contributed by atoms with Crippen molar-refractivity contribution in [3.8, 4) is 0 Å². The summed E-state index contributed by atoms with van der Waals surface area (Å²) in [5.74, 6) is -0.0452. The second-order valence-electron chi connectivity index (χ2n) is 4.77. The summed E-state index contributed by atoms with van der Waals surface area (Å²) in [5, 5.41) is 4.20. The molecular formula is C11H18N4O3S. The minimum Gasteiger partial charge on any atom is -0.396 e. The molecule has 19 heavy (non-hydrogen) atoms. The monoisotopic (exact) mass is 286 g/mol. The molecule has 1 aromatic rings. The van der Waals surface area contributed by atoms with E-state index in [-0.39, 0.29) is 37.0 Å². The van der Waals surface area contributed by atoms with Crippen LogP contribution in [0.3, 0.4) is 0 Å². The van der Waals surface area contributed by atoms with Crippen LogP contribution in [0.15, 0.2) is 0 Å². The molecule has 106 valence electrons. The van der Waals surface area contributed by atoms with Gasteiger partial charge in [-0.05, 0) is 13.8 Å². The van der Waals surface area contributed by atoms with Crippen LogP contribution in [0, 0.1) is 13.8 Å². The number of nitrogen functional groups attached to an aromatic ring is 1. The molecule has 0 radical (unpaired) electrons. The van der Waals surface area contributed by atoms with Crippen molar-refractivity contribution in [2.24, 2.45) is 0 Å². The highest BCUT2D eigenvalue weighted by Gasteiger charge is 2.25. The van der Waals surface area contributed by atoms with Crippen LogP contribution in [-0.4, -0.2) is 53.6 Å². The third-order valence-corrected chi connectivity index (χ3v) is 5.03. The highest BCUT2D eigenvalue weighted by atomic mass is 32.2. The zero-order valence-corrected chi connectivity index (χ0v) is 11.9. The summed E-state index contributed by atoms with van der Waals surface area (Å²) < 4.78 is 24.2. The fraction of sp³-hybridized carbons (Fsp3) is 0.636. The van der Waals surface area contributed by atoms with Crippen molar-refractivity contribution in [2.45, 2.75) is 20.4 Å². The van der Waals surface area contributed by atoms with Gasteiger partial charge < -0.3 is 10.6 Å². The lowest BCUT2D eigenvalue weighted by Crippen LogP contribution is -2.45. The van der Waals surface area contributed by atoms with E-state index in [9.17, 15) is 13.2 Å². The van der Waals surface area contributed by atoms with Gasteiger partial charge in [-0.3, -0.25) is 9.48 Å². The first-order chi connectivity index (χ1) is 8.80. The van der Waals surface area contributed by atoms with Crippen LogP contribution in [0.4, 0.5) is 5.69 Å². The topological polar surface area (TPSA) is 98.3 Å². The zero-order valence-electron chi connectivity index (χ0n) is 11.1. The molecule has 2 rings (SSSR count). The van der Waals surface area contributed by atoms with Gasteiger partial charge in [-0.1, -0.05) is 0 Å². The van der Waals surface area contributed by atoms with Crippen LogP contribution >= 0.6 is 0 Å². The minimum absolute atomic E-state index is 0.0397. The molecule has 1 amide bonds. The van der Waals surface area contributed by atoms with Crippen LogP contribution in [-0.2, 0) is 21.2 Å². The Labute approximate surface area is 112 Å². The maximum Gasteiger partial charge on any atom is 0.244 e. The van der Waals surface area contributed by atoms with E-state index in [0.29, 0.717) is 11.4 Å². The number of aromatic nitrogens is 2. The lowest BCUT2D eigenvalue weighted by atomic mass is 10.3. The van der Waals surface area contributed by atoms with Gasteiger partial charge in [0, 0.05) is 13.1 Å². The normalized spacial score (nSPS) is 18.5. The Kier molecular flexibility index (Phi) is 3.53. The van der Waals surface area contributed by atoms with Crippen molar-refractivity contribution < 1.29 is 13.2 Å².